The van der Waals surface area contributed by atoms with E-state index in [9.17, 15) is 0 Å². The van der Waals surface area contributed by atoms with Gasteiger partial charge in [0.25, 0.3) is 0 Å². The number of hydrogen-bond donors (Lipinski definition) is 0. The molecule has 0 aliphatic rings. The predicted molar refractivity (Wildman–Crippen MR) is 9.23 cm³/mol. The van der Waals surface area contributed by atoms with Crippen LogP contribution in [0.1, 0.15) is 0 Å². The van der Waals surface area contributed by atoms with E-state index in [1.54, 1.807) is 0 Å². The van der Waals surface area contributed by atoms with E-state index >= 15 is 0 Å². The van der Waals surface area contributed by atoms with Crippen LogP contribution in [0.2, 0.25) is 0 Å². The summed E-state index contributed by atoms with van der Waals surface area (Å²) in [5.74, 6) is 0. The summed E-state index contributed by atoms with van der Waals surface area (Å²) in [5, 5.41) is 0. The van der Waals surface area contributed by atoms with Gasteiger partial charge in [-0.15, -0.1) is 0 Å². The Labute approximate surface area is 106 Å². The van der Waals surface area contributed by atoms with E-state index in [-0.39, 0.29) is 89.3 Å². The van der Waals surface area contributed by atoms with E-state index in [4.69, 9.17) is 3.83 Å². The van der Waals surface area contributed by atoms with Crippen molar-refractivity contribution in [1.29, 1.82) is 0 Å². The van der Waals surface area contributed by atoms with Gasteiger partial charge in [-0.05, 0) is 0 Å². The summed E-state index contributed by atoms with van der Waals surface area (Å²) >= 11 is 2.94. The molecule has 0 radical (unpaired) electrons. The van der Waals surface area contributed by atoms with Gasteiger partial charge in [0.05, 0.1) is 0 Å². The Morgan fingerprint density at radius 2 is 1.25 bits per heavy atom. The normalized spacial score (nSPS) is 1.50. The van der Waals surface area contributed by atoms with Crippen LogP contribution in [-0.4, -0.2) is 48.9 Å². The molecule has 0 amide bonds. The van der Waals surface area contributed by atoms with Crippen molar-refractivity contribution in [3.05, 3.63) is 0 Å². The average Bonchev–Trinajstić information content (AvgIpc) is 1.00. The molecular weight excluding hydrogens is 367 g/mol. The molecule has 0 heterocycles. The molecule has 0 saturated heterocycles. The van der Waals surface area contributed by atoms with Gasteiger partial charge in [0.1, 0.15) is 0 Å². The molecule has 0 bridgehead atoms. The first-order chi connectivity index (χ1) is 1.00. The standard InChI is InChI=1S/Ba.Cu.O.Sm.2H. The van der Waals surface area contributed by atoms with Gasteiger partial charge in [0.2, 0.25) is 0 Å². The molecule has 0 atom stereocenters. The zero-order chi connectivity index (χ0) is 2.00. The predicted octanol–water partition coefficient (Wildman–Crippen LogP) is -1.04. The Bertz CT molecular complexity index is 8.00. The Hall–Kier alpha value is 3.23. The average molecular weight is 369 g/mol. The summed E-state index contributed by atoms with van der Waals surface area (Å²) < 4.78 is 7.81. The second kappa shape index (κ2) is 16.3. The molecule has 4 heteroatoms. The van der Waals surface area contributed by atoms with Crippen molar-refractivity contribution in [2.45, 2.75) is 0 Å². The minimum atomic E-state index is 0. The topological polar surface area (TPSA) is 17.1 Å². The summed E-state index contributed by atoms with van der Waals surface area (Å²) in [7, 11) is 0. The van der Waals surface area contributed by atoms with Gasteiger partial charge in [0, 0.05) is 40.4 Å². The van der Waals surface area contributed by atoms with Gasteiger partial charge in [0.15, 0.2) is 0 Å². The molecule has 0 N–H and O–H groups in total. The molecule has 0 aromatic carbocycles. The van der Waals surface area contributed by atoms with Crippen LogP contribution in [0.4, 0.5) is 0 Å². The van der Waals surface area contributed by atoms with Crippen LogP contribution in [0.25, 0.3) is 0 Å². The second-order valence-electron chi connectivity index (χ2n) is 0. The first-order valence-corrected chi connectivity index (χ1v) is 0.508. The monoisotopic (exact) mass is 371 g/mol. The fourth-order valence-corrected chi connectivity index (χ4v) is 0. The molecule has 0 aromatic rings. The zero-order valence-electron chi connectivity index (χ0n) is 1.12. The molecular formula is H2BaCuOSm. The smallest absolute Gasteiger partial charge is 0 e. The van der Waals surface area contributed by atoms with E-state index in [2.05, 4.69) is 15.9 Å². The maximum absolute atomic E-state index is 7.81. The third-order valence-electron chi connectivity index (χ3n) is 0. The van der Waals surface area contributed by atoms with Crippen molar-refractivity contribution in [3.8, 4) is 0 Å². The van der Waals surface area contributed by atoms with Crippen LogP contribution in [0.15, 0.2) is 0 Å². The van der Waals surface area contributed by atoms with Crippen molar-refractivity contribution >= 4 is 48.9 Å². The fraction of sp³-hybridized carbons (Fsp3) is 0. The van der Waals surface area contributed by atoms with Crippen LogP contribution in [0.5, 0.6) is 0 Å². The van der Waals surface area contributed by atoms with Crippen LogP contribution in [0.3, 0.4) is 0 Å². The van der Waals surface area contributed by atoms with Crippen molar-refractivity contribution in [2.24, 2.45) is 0 Å². The second-order valence-corrected chi connectivity index (χ2v) is 0. The molecule has 1 nitrogen and oxygen atoms in total. The van der Waals surface area contributed by atoms with Crippen molar-refractivity contribution < 1.29 is 60.2 Å². The molecule has 0 aliphatic heterocycles. The molecule has 0 aromatic heterocycles. The Kier molecular flexibility index (Phi) is 64.0. The first-order valence-electron chi connectivity index (χ1n) is 0.123. The Balaban J connectivity index is -0.00000000500. The largest absolute Gasteiger partial charge is 0 e. The van der Waals surface area contributed by atoms with Crippen LogP contribution < -0.4 is 0 Å². The maximum Gasteiger partial charge on any atom is 0 e. The molecule has 0 aliphatic carbocycles. The first kappa shape index (κ1) is 15.7. The van der Waals surface area contributed by atoms with Crippen molar-refractivity contribution in [3.63, 3.8) is 0 Å². The van der Waals surface area contributed by atoms with Gasteiger partial charge >= 0.3 is 68.7 Å². The van der Waals surface area contributed by atoms with Gasteiger partial charge in [-0.2, -0.15) is 0 Å². The molecule has 0 fully saturated rings. The number of hydrogen-bond acceptors (Lipinski definition) is 1. The van der Waals surface area contributed by atoms with Gasteiger partial charge < -0.3 is 0 Å². The van der Waals surface area contributed by atoms with Crippen LogP contribution in [0, 0.1) is 40.4 Å². The van der Waals surface area contributed by atoms with E-state index in [1.165, 1.54) is 0 Å². The molecule has 4 heavy (non-hydrogen) atoms. The van der Waals surface area contributed by atoms with Gasteiger partial charge in [-0.3, -0.25) is 0 Å². The molecule has 0 unspecified atom stereocenters. The van der Waals surface area contributed by atoms with Gasteiger partial charge in [-0.25, -0.2) is 0 Å². The van der Waals surface area contributed by atoms with E-state index in [1.807, 2.05) is 0 Å². The van der Waals surface area contributed by atoms with Crippen molar-refractivity contribution in [2.75, 3.05) is 0 Å². The minimum Gasteiger partial charge on any atom is 0 e. The van der Waals surface area contributed by atoms with E-state index in [0.29, 0.717) is 0 Å². The number of rotatable bonds is 0. The van der Waals surface area contributed by atoms with Crippen molar-refractivity contribution in [1.82, 2.24) is 0 Å². The van der Waals surface area contributed by atoms with E-state index in [0.717, 1.165) is 0 Å². The summed E-state index contributed by atoms with van der Waals surface area (Å²) in [6.07, 6.45) is 0. The summed E-state index contributed by atoms with van der Waals surface area (Å²) in [6, 6.07) is 0. The zero-order valence-corrected chi connectivity index (χ0v) is 4.68. The molecule has 0 spiro atoms. The van der Waals surface area contributed by atoms with E-state index < -0.39 is 0 Å². The molecule has 0 saturated carbocycles. The maximum atomic E-state index is 7.81. The Morgan fingerprint density at radius 1 is 1.25 bits per heavy atom. The quantitative estimate of drug-likeness (QED) is 0.499. The third-order valence-corrected chi connectivity index (χ3v) is 0. The Morgan fingerprint density at radius 3 is 1.25 bits per heavy atom. The van der Waals surface area contributed by atoms with Crippen LogP contribution >= 0.6 is 0 Å². The molecule has 0 rings (SSSR count). The molecule has 27 valence electrons. The summed E-state index contributed by atoms with van der Waals surface area (Å²) in [4.78, 5) is 0. The minimum absolute atomic E-state index is 0. The van der Waals surface area contributed by atoms with Crippen LogP contribution in [-0.2, 0) is 19.8 Å². The summed E-state index contributed by atoms with van der Waals surface area (Å²) in [5.41, 5.74) is 0. The SMILES string of the molecule is [BaH2].[O]=[Cu].[Sm]. The third kappa shape index (κ3) is 8.97. The fourth-order valence-electron chi connectivity index (χ4n) is 0. The van der Waals surface area contributed by atoms with Gasteiger partial charge in [-0.1, -0.05) is 0 Å². The summed E-state index contributed by atoms with van der Waals surface area (Å²) in [6.45, 7) is 0.